The SMILES string of the molecule is CCCCOC(=O)C(C)NC(=O)OCC. The molecule has 1 amide bonds. The Labute approximate surface area is 90.1 Å². The van der Waals surface area contributed by atoms with Crippen molar-refractivity contribution in [1.82, 2.24) is 5.32 Å². The summed E-state index contributed by atoms with van der Waals surface area (Å²) < 4.78 is 9.54. The van der Waals surface area contributed by atoms with Gasteiger partial charge in [0.15, 0.2) is 0 Å². The van der Waals surface area contributed by atoms with Gasteiger partial charge in [-0.3, -0.25) is 0 Å². The van der Waals surface area contributed by atoms with E-state index in [2.05, 4.69) is 10.1 Å². The molecule has 0 rings (SSSR count). The van der Waals surface area contributed by atoms with Gasteiger partial charge in [-0.15, -0.1) is 0 Å². The zero-order chi connectivity index (χ0) is 11.7. The topological polar surface area (TPSA) is 64.6 Å². The summed E-state index contributed by atoms with van der Waals surface area (Å²) >= 11 is 0. The molecule has 1 atom stereocenters. The minimum atomic E-state index is -0.666. The highest BCUT2D eigenvalue weighted by Gasteiger charge is 2.16. The number of unbranched alkanes of at least 4 members (excludes halogenated alkanes) is 1. The normalized spacial score (nSPS) is 11.7. The highest BCUT2D eigenvalue weighted by molar-refractivity contribution is 5.80. The van der Waals surface area contributed by atoms with E-state index in [1.54, 1.807) is 13.8 Å². The quantitative estimate of drug-likeness (QED) is 0.540. The van der Waals surface area contributed by atoms with Gasteiger partial charge < -0.3 is 14.8 Å². The summed E-state index contributed by atoms with van der Waals surface area (Å²) in [7, 11) is 0. The Hall–Kier alpha value is -1.26. The van der Waals surface area contributed by atoms with E-state index < -0.39 is 18.1 Å². The van der Waals surface area contributed by atoms with Gasteiger partial charge in [-0.25, -0.2) is 9.59 Å². The van der Waals surface area contributed by atoms with E-state index in [-0.39, 0.29) is 6.61 Å². The molecule has 0 bridgehead atoms. The van der Waals surface area contributed by atoms with Gasteiger partial charge in [0.2, 0.25) is 0 Å². The maximum atomic E-state index is 11.3. The van der Waals surface area contributed by atoms with Crippen LogP contribution in [0.2, 0.25) is 0 Å². The summed E-state index contributed by atoms with van der Waals surface area (Å²) in [5.74, 6) is -0.434. The lowest BCUT2D eigenvalue weighted by molar-refractivity contribution is -0.145. The van der Waals surface area contributed by atoms with E-state index in [1.807, 2.05) is 6.92 Å². The smallest absolute Gasteiger partial charge is 0.407 e. The highest BCUT2D eigenvalue weighted by Crippen LogP contribution is 1.93. The molecule has 0 heterocycles. The van der Waals surface area contributed by atoms with Crippen LogP contribution in [0.4, 0.5) is 4.79 Å². The van der Waals surface area contributed by atoms with Crippen molar-refractivity contribution in [1.29, 1.82) is 0 Å². The van der Waals surface area contributed by atoms with Crippen LogP contribution >= 0.6 is 0 Å². The molecule has 5 heteroatoms. The van der Waals surface area contributed by atoms with Crippen molar-refractivity contribution < 1.29 is 19.1 Å². The van der Waals surface area contributed by atoms with Crippen LogP contribution in [0.15, 0.2) is 0 Å². The van der Waals surface area contributed by atoms with Gasteiger partial charge in [0.1, 0.15) is 6.04 Å². The monoisotopic (exact) mass is 217 g/mol. The average Bonchev–Trinajstić information content (AvgIpc) is 2.18. The number of carbonyl (C=O) groups is 2. The number of alkyl carbamates (subject to hydrolysis) is 1. The fourth-order valence-electron chi connectivity index (χ4n) is 0.851. The summed E-state index contributed by atoms with van der Waals surface area (Å²) in [5.41, 5.74) is 0. The van der Waals surface area contributed by atoms with Crippen molar-refractivity contribution in [2.75, 3.05) is 13.2 Å². The molecule has 88 valence electrons. The van der Waals surface area contributed by atoms with Crippen molar-refractivity contribution in [3.63, 3.8) is 0 Å². The summed E-state index contributed by atoms with van der Waals surface area (Å²) in [5, 5.41) is 2.37. The molecule has 0 saturated heterocycles. The molecule has 0 spiro atoms. The molecular formula is C10H19NO4. The first kappa shape index (κ1) is 13.7. The van der Waals surface area contributed by atoms with Crippen molar-refractivity contribution in [2.45, 2.75) is 39.7 Å². The number of amides is 1. The van der Waals surface area contributed by atoms with Crippen molar-refractivity contribution in [3.8, 4) is 0 Å². The second-order valence-electron chi connectivity index (χ2n) is 3.11. The van der Waals surface area contributed by atoms with E-state index in [0.717, 1.165) is 12.8 Å². The molecule has 1 N–H and O–H groups in total. The number of rotatable bonds is 6. The Bertz CT molecular complexity index is 206. The Morgan fingerprint density at radius 3 is 2.47 bits per heavy atom. The van der Waals surface area contributed by atoms with Crippen LogP contribution in [-0.4, -0.2) is 31.3 Å². The Morgan fingerprint density at radius 2 is 1.93 bits per heavy atom. The summed E-state index contributed by atoms with van der Waals surface area (Å²) in [6.07, 6.45) is 1.20. The molecular weight excluding hydrogens is 198 g/mol. The molecule has 1 unspecified atom stereocenters. The Kier molecular flexibility index (Phi) is 7.40. The van der Waals surface area contributed by atoms with Crippen LogP contribution in [0.1, 0.15) is 33.6 Å². The molecule has 0 aliphatic heterocycles. The zero-order valence-corrected chi connectivity index (χ0v) is 9.54. The minimum Gasteiger partial charge on any atom is -0.464 e. The van der Waals surface area contributed by atoms with E-state index in [0.29, 0.717) is 6.61 Å². The average molecular weight is 217 g/mol. The number of hydrogen-bond acceptors (Lipinski definition) is 4. The molecule has 0 aromatic carbocycles. The third kappa shape index (κ3) is 6.76. The molecule has 15 heavy (non-hydrogen) atoms. The molecule has 0 radical (unpaired) electrons. The predicted octanol–water partition coefficient (Wildman–Crippen LogP) is 1.46. The van der Waals surface area contributed by atoms with Crippen molar-refractivity contribution in [2.24, 2.45) is 0 Å². The third-order valence-electron chi connectivity index (χ3n) is 1.71. The summed E-state index contributed by atoms with van der Waals surface area (Å²) in [4.78, 5) is 22.2. The van der Waals surface area contributed by atoms with E-state index in [1.165, 1.54) is 0 Å². The first-order valence-corrected chi connectivity index (χ1v) is 5.21. The van der Waals surface area contributed by atoms with Crippen LogP contribution in [0.3, 0.4) is 0 Å². The van der Waals surface area contributed by atoms with Crippen LogP contribution in [0.25, 0.3) is 0 Å². The maximum absolute atomic E-state index is 11.3. The number of ether oxygens (including phenoxy) is 2. The van der Waals surface area contributed by atoms with E-state index >= 15 is 0 Å². The number of hydrogen-bond donors (Lipinski definition) is 1. The van der Waals surface area contributed by atoms with Crippen LogP contribution in [0.5, 0.6) is 0 Å². The lowest BCUT2D eigenvalue weighted by Gasteiger charge is -2.12. The predicted molar refractivity (Wildman–Crippen MR) is 55.5 cm³/mol. The minimum absolute atomic E-state index is 0.281. The molecule has 0 aromatic heterocycles. The van der Waals surface area contributed by atoms with Crippen molar-refractivity contribution in [3.05, 3.63) is 0 Å². The van der Waals surface area contributed by atoms with E-state index in [4.69, 9.17) is 4.74 Å². The largest absolute Gasteiger partial charge is 0.464 e. The second kappa shape index (κ2) is 8.08. The van der Waals surface area contributed by atoms with E-state index in [9.17, 15) is 9.59 Å². The summed E-state index contributed by atoms with van der Waals surface area (Å²) in [6, 6.07) is -0.666. The zero-order valence-electron chi connectivity index (χ0n) is 9.54. The first-order chi connectivity index (χ1) is 7.11. The maximum Gasteiger partial charge on any atom is 0.407 e. The van der Waals surface area contributed by atoms with Gasteiger partial charge in [-0.05, 0) is 20.3 Å². The lowest BCUT2D eigenvalue weighted by atomic mass is 10.3. The van der Waals surface area contributed by atoms with Crippen LogP contribution < -0.4 is 5.32 Å². The number of esters is 1. The first-order valence-electron chi connectivity index (χ1n) is 5.21. The van der Waals surface area contributed by atoms with Gasteiger partial charge in [-0.1, -0.05) is 13.3 Å². The van der Waals surface area contributed by atoms with Gasteiger partial charge in [0.25, 0.3) is 0 Å². The molecule has 0 aliphatic rings. The highest BCUT2D eigenvalue weighted by atomic mass is 16.6. The number of carbonyl (C=O) groups excluding carboxylic acids is 2. The molecule has 0 aromatic rings. The molecule has 0 saturated carbocycles. The Morgan fingerprint density at radius 1 is 1.27 bits per heavy atom. The number of nitrogens with one attached hydrogen (secondary N) is 1. The lowest BCUT2D eigenvalue weighted by Crippen LogP contribution is -2.39. The fraction of sp³-hybridized carbons (Fsp3) is 0.800. The fourth-order valence-corrected chi connectivity index (χ4v) is 0.851. The second-order valence-corrected chi connectivity index (χ2v) is 3.11. The van der Waals surface area contributed by atoms with Crippen LogP contribution in [0, 0.1) is 0 Å². The van der Waals surface area contributed by atoms with Crippen molar-refractivity contribution >= 4 is 12.1 Å². The molecule has 5 nitrogen and oxygen atoms in total. The van der Waals surface area contributed by atoms with Gasteiger partial charge in [0, 0.05) is 0 Å². The van der Waals surface area contributed by atoms with Gasteiger partial charge in [-0.2, -0.15) is 0 Å². The third-order valence-corrected chi connectivity index (χ3v) is 1.71. The van der Waals surface area contributed by atoms with Gasteiger partial charge >= 0.3 is 12.1 Å². The van der Waals surface area contributed by atoms with Crippen LogP contribution in [-0.2, 0) is 14.3 Å². The Balaban J connectivity index is 3.73. The van der Waals surface area contributed by atoms with Gasteiger partial charge in [0.05, 0.1) is 13.2 Å². The standard InChI is InChI=1S/C10H19NO4/c1-4-6-7-15-9(12)8(3)11-10(13)14-5-2/h8H,4-7H2,1-3H3,(H,11,13). The molecule has 0 fully saturated rings. The summed E-state index contributed by atoms with van der Waals surface area (Å²) in [6.45, 7) is 5.94. The molecule has 0 aliphatic carbocycles.